The number of aromatic hydroxyl groups is 1. The molecule has 5 aliphatic rings. The summed E-state index contributed by atoms with van der Waals surface area (Å²) in [6.45, 7) is 1.76. The molecule has 8 nitrogen and oxygen atoms in total. The fraction of sp³-hybridized carbons (Fsp3) is 0.471. The van der Waals surface area contributed by atoms with Crippen LogP contribution in [0.1, 0.15) is 63.4 Å². The van der Waals surface area contributed by atoms with Crippen molar-refractivity contribution in [3.63, 3.8) is 0 Å². The summed E-state index contributed by atoms with van der Waals surface area (Å²) in [5, 5.41) is 10.6. The number of anilines is 1. The lowest BCUT2D eigenvalue weighted by atomic mass is 9.51. The van der Waals surface area contributed by atoms with Gasteiger partial charge in [0.05, 0.1) is 41.0 Å². The van der Waals surface area contributed by atoms with Crippen LogP contribution in [0.25, 0.3) is 0 Å². The zero-order chi connectivity index (χ0) is 31.1. The van der Waals surface area contributed by atoms with E-state index in [0.717, 1.165) is 48.6 Å². The van der Waals surface area contributed by atoms with Crippen molar-refractivity contribution in [3.8, 4) is 11.5 Å². The van der Waals surface area contributed by atoms with E-state index >= 15 is 0 Å². The summed E-state index contributed by atoms with van der Waals surface area (Å²) < 4.78 is 19.3. The van der Waals surface area contributed by atoms with Crippen LogP contribution in [0.4, 0.5) is 10.1 Å². The minimum atomic E-state index is -1.29. The van der Waals surface area contributed by atoms with E-state index in [1.807, 2.05) is 6.08 Å². The first-order chi connectivity index (χ1) is 21.1. The number of likely N-dealkylation sites (tertiary alicyclic amines) is 1. The topological polar surface area (TPSA) is 104 Å². The van der Waals surface area contributed by atoms with Crippen molar-refractivity contribution in [3.05, 3.63) is 64.5 Å². The molecule has 4 fully saturated rings. The van der Waals surface area contributed by atoms with E-state index in [0.29, 0.717) is 12.0 Å². The van der Waals surface area contributed by atoms with Gasteiger partial charge in [-0.05, 0) is 74.4 Å². The van der Waals surface area contributed by atoms with Crippen molar-refractivity contribution in [2.75, 3.05) is 12.0 Å². The number of phenols is 1. The summed E-state index contributed by atoms with van der Waals surface area (Å²) in [5.41, 5.74) is 0.319. The van der Waals surface area contributed by atoms with Gasteiger partial charge in [-0.25, -0.2) is 9.29 Å². The Morgan fingerprint density at radius 3 is 2.41 bits per heavy atom. The number of hydrogen-bond donors (Lipinski definition) is 1. The fourth-order valence-corrected chi connectivity index (χ4v) is 9.05. The Kier molecular flexibility index (Phi) is 6.88. The lowest BCUT2D eigenvalue weighted by molar-refractivity contribution is -0.144. The Labute approximate surface area is 259 Å². The Morgan fingerprint density at radius 2 is 1.73 bits per heavy atom. The number of carbonyl (C=O) groups excluding carboxylic acids is 4. The standard InChI is InChI=1S/C34H34ClFN2O6/c1-34-23(31(41)38(33(34)43)19-9-12-25(36)24(35)15-19)16-22-20(29(34)17-8-13-27(44-2)26(39)14-17)10-11-21-28(22)32(42)37(30(21)40)18-6-4-3-5-7-18/h8-10,12-15,18,21-23,28-29,39H,3-7,11,16H2,1-2H3/t21-,22+,23-,28-,29-,34+/m0/s1. The SMILES string of the molecule is COc1ccc([C@H]2C3=CC[C@@H]4C(=O)N(C5CCCCC5)C(=O)[C@@H]4[C@@H]3C[C@H]3C(=O)N(c4ccc(F)c(Cl)c4)C(=O)[C@@]23C)cc1O. The molecule has 230 valence electrons. The van der Waals surface area contributed by atoms with Gasteiger partial charge in [0.15, 0.2) is 11.5 Å². The van der Waals surface area contributed by atoms with Crippen LogP contribution in [0, 0.1) is 34.9 Å². The maximum absolute atomic E-state index is 14.5. The van der Waals surface area contributed by atoms with E-state index in [9.17, 15) is 28.7 Å². The van der Waals surface area contributed by atoms with Crippen LogP contribution in [-0.4, -0.2) is 46.8 Å². The minimum Gasteiger partial charge on any atom is -0.504 e. The Morgan fingerprint density at radius 1 is 0.977 bits per heavy atom. The molecule has 0 aromatic heterocycles. The lowest BCUT2D eigenvalue weighted by Gasteiger charge is -2.49. The molecule has 0 unspecified atom stereocenters. The lowest BCUT2D eigenvalue weighted by Crippen LogP contribution is -2.49. The summed E-state index contributed by atoms with van der Waals surface area (Å²) in [5.74, 6) is -4.83. The van der Waals surface area contributed by atoms with Gasteiger partial charge in [-0.2, -0.15) is 0 Å². The number of fused-ring (bicyclic) bond motifs is 4. The number of nitrogens with zero attached hydrogens (tertiary/aromatic N) is 2. The van der Waals surface area contributed by atoms with Gasteiger partial charge in [-0.15, -0.1) is 0 Å². The minimum absolute atomic E-state index is 0.102. The highest BCUT2D eigenvalue weighted by molar-refractivity contribution is 6.31. The number of methoxy groups -OCH3 is 1. The number of ether oxygens (including phenoxy) is 1. The van der Waals surface area contributed by atoms with E-state index in [2.05, 4.69) is 0 Å². The molecule has 0 bridgehead atoms. The zero-order valence-corrected chi connectivity index (χ0v) is 25.4. The van der Waals surface area contributed by atoms with E-state index in [4.69, 9.17) is 16.3 Å². The van der Waals surface area contributed by atoms with E-state index in [1.54, 1.807) is 25.1 Å². The second-order valence-corrected chi connectivity index (χ2v) is 13.4. The maximum Gasteiger partial charge on any atom is 0.241 e. The van der Waals surface area contributed by atoms with Gasteiger partial charge in [0.25, 0.3) is 0 Å². The number of carbonyl (C=O) groups is 4. The summed E-state index contributed by atoms with van der Waals surface area (Å²) >= 11 is 6.07. The number of halogens is 2. The van der Waals surface area contributed by atoms with Crippen LogP contribution in [0.2, 0.25) is 5.02 Å². The molecule has 2 saturated heterocycles. The monoisotopic (exact) mass is 620 g/mol. The third-order valence-electron chi connectivity index (χ3n) is 10.9. The average Bonchev–Trinajstić information content (AvgIpc) is 3.38. The molecule has 2 aromatic carbocycles. The first kappa shape index (κ1) is 29.0. The molecular weight excluding hydrogens is 587 g/mol. The second kappa shape index (κ2) is 10.4. The van der Waals surface area contributed by atoms with Crippen LogP contribution in [0.15, 0.2) is 48.0 Å². The van der Waals surface area contributed by atoms with E-state index < -0.39 is 52.6 Å². The summed E-state index contributed by atoms with van der Waals surface area (Å²) in [4.78, 5) is 59.2. The highest BCUT2D eigenvalue weighted by atomic mass is 35.5. The molecule has 44 heavy (non-hydrogen) atoms. The largest absolute Gasteiger partial charge is 0.504 e. The number of rotatable bonds is 4. The van der Waals surface area contributed by atoms with Crippen molar-refractivity contribution in [1.29, 1.82) is 0 Å². The first-order valence-corrected chi connectivity index (χ1v) is 15.7. The molecule has 2 heterocycles. The number of imide groups is 2. The molecule has 1 N–H and O–H groups in total. The number of benzene rings is 2. The van der Waals surface area contributed by atoms with Crippen LogP contribution >= 0.6 is 11.6 Å². The molecule has 2 aromatic rings. The molecule has 7 rings (SSSR count). The predicted molar refractivity (Wildman–Crippen MR) is 159 cm³/mol. The van der Waals surface area contributed by atoms with Gasteiger partial charge >= 0.3 is 0 Å². The molecule has 0 radical (unpaired) electrons. The Bertz CT molecular complexity index is 1640. The Balaban J connectivity index is 1.35. The quantitative estimate of drug-likeness (QED) is 0.345. The molecule has 0 spiro atoms. The molecule has 2 saturated carbocycles. The number of allylic oxidation sites excluding steroid dienone is 2. The third kappa shape index (κ3) is 4.00. The zero-order valence-electron chi connectivity index (χ0n) is 24.6. The molecule has 3 aliphatic carbocycles. The van der Waals surface area contributed by atoms with Crippen molar-refractivity contribution < 1.29 is 33.4 Å². The van der Waals surface area contributed by atoms with E-state index in [1.165, 1.54) is 24.1 Å². The number of amides is 4. The van der Waals surface area contributed by atoms with E-state index in [-0.39, 0.29) is 46.5 Å². The highest BCUT2D eigenvalue weighted by Gasteiger charge is 2.67. The highest BCUT2D eigenvalue weighted by Crippen LogP contribution is 2.64. The van der Waals surface area contributed by atoms with Gasteiger partial charge in [0.2, 0.25) is 23.6 Å². The number of phenolic OH excluding ortho intramolecular Hbond substituents is 1. The second-order valence-electron chi connectivity index (χ2n) is 13.0. The Hall–Kier alpha value is -3.72. The average molecular weight is 621 g/mol. The molecule has 2 aliphatic heterocycles. The fourth-order valence-electron chi connectivity index (χ4n) is 8.88. The van der Waals surface area contributed by atoms with Crippen molar-refractivity contribution in [2.45, 2.75) is 63.8 Å². The van der Waals surface area contributed by atoms with Gasteiger partial charge in [0, 0.05) is 12.0 Å². The molecular formula is C34H34ClFN2O6. The molecule has 10 heteroatoms. The van der Waals surface area contributed by atoms with Crippen LogP contribution < -0.4 is 9.64 Å². The van der Waals surface area contributed by atoms with Crippen molar-refractivity contribution >= 4 is 40.9 Å². The first-order valence-electron chi connectivity index (χ1n) is 15.3. The summed E-state index contributed by atoms with van der Waals surface area (Å²) in [6.07, 6.45) is 7.23. The predicted octanol–water partition coefficient (Wildman–Crippen LogP) is 5.76. The number of hydrogen-bond acceptors (Lipinski definition) is 6. The van der Waals surface area contributed by atoms with Crippen molar-refractivity contribution in [2.24, 2.45) is 29.1 Å². The maximum atomic E-state index is 14.5. The smallest absolute Gasteiger partial charge is 0.241 e. The normalized spacial score (nSPS) is 32.0. The van der Waals surface area contributed by atoms with Gasteiger partial charge in [0.1, 0.15) is 5.82 Å². The van der Waals surface area contributed by atoms with Gasteiger partial charge < -0.3 is 9.84 Å². The van der Waals surface area contributed by atoms with Crippen LogP contribution in [0.3, 0.4) is 0 Å². The summed E-state index contributed by atoms with van der Waals surface area (Å²) in [6, 6.07) is 8.58. The molecule has 6 atom stereocenters. The van der Waals surface area contributed by atoms with Gasteiger partial charge in [-0.3, -0.25) is 24.1 Å². The van der Waals surface area contributed by atoms with Gasteiger partial charge in [-0.1, -0.05) is 48.6 Å². The summed E-state index contributed by atoms with van der Waals surface area (Å²) in [7, 11) is 1.44. The van der Waals surface area contributed by atoms with Crippen LogP contribution in [0.5, 0.6) is 11.5 Å². The van der Waals surface area contributed by atoms with Crippen molar-refractivity contribution in [1.82, 2.24) is 4.90 Å². The third-order valence-corrected chi connectivity index (χ3v) is 11.2. The van der Waals surface area contributed by atoms with Crippen LogP contribution in [-0.2, 0) is 19.2 Å². The molecule has 4 amide bonds.